The molecule has 1 saturated carbocycles. The fraction of sp³-hybridized carbons (Fsp3) is 0.889. The van der Waals surface area contributed by atoms with Crippen LogP contribution >= 0.6 is 0 Å². The molecule has 12 heavy (non-hydrogen) atoms. The average molecular weight is 172 g/mol. The summed E-state index contributed by atoms with van der Waals surface area (Å²) in [5.74, 6) is -0.740. The van der Waals surface area contributed by atoms with E-state index >= 15 is 0 Å². The highest BCUT2D eigenvalue weighted by atomic mass is 16.4. The van der Waals surface area contributed by atoms with Crippen LogP contribution in [0.25, 0.3) is 0 Å². The Morgan fingerprint density at radius 1 is 1.58 bits per heavy atom. The van der Waals surface area contributed by atoms with Crippen LogP contribution in [0.2, 0.25) is 0 Å². The molecule has 0 heterocycles. The summed E-state index contributed by atoms with van der Waals surface area (Å²) in [5.41, 5.74) is -0.0833. The predicted molar refractivity (Wildman–Crippen MR) is 44.8 cm³/mol. The standard InChI is InChI=1S/C9H16O3/c1-7(10)5-9(3-2-4-9)6-8(11)12/h7,10H,2-6H2,1H3,(H,11,12). The summed E-state index contributed by atoms with van der Waals surface area (Å²) in [5, 5.41) is 17.8. The van der Waals surface area contributed by atoms with Crippen molar-refractivity contribution < 1.29 is 15.0 Å². The van der Waals surface area contributed by atoms with Crippen molar-refractivity contribution in [2.75, 3.05) is 0 Å². The van der Waals surface area contributed by atoms with E-state index in [4.69, 9.17) is 5.11 Å². The Hall–Kier alpha value is -0.570. The highest BCUT2D eigenvalue weighted by molar-refractivity contribution is 5.67. The van der Waals surface area contributed by atoms with Crippen molar-refractivity contribution in [3.63, 3.8) is 0 Å². The number of aliphatic carboxylic acids is 1. The van der Waals surface area contributed by atoms with Crippen LogP contribution in [0.4, 0.5) is 0 Å². The van der Waals surface area contributed by atoms with Gasteiger partial charge in [-0.1, -0.05) is 6.42 Å². The van der Waals surface area contributed by atoms with E-state index in [9.17, 15) is 9.90 Å². The number of carbonyl (C=O) groups is 1. The summed E-state index contributed by atoms with van der Waals surface area (Å²) in [7, 11) is 0. The van der Waals surface area contributed by atoms with E-state index in [1.807, 2.05) is 0 Å². The van der Waals surface area contributed by atoms with Crippen LogP contribution in [0.5, 0.6) is 0 Å². The molecule has 0 amide bonds. The minimum Gasteiger partial charge on any atom is -0.481 e. The number of carboxylic acid groups (broad SMARTS) is 1. The van der Waals surface area contributed by atoms with Crippen LogP contribution in [0.1, 0.15) is 39.0 Å². The Balaban J connectivity index is 2.45. The Morgan fingerprint density at radius 3 is 2.42 bits per heavy atom. The lowest BCUT2D eigenvalue weighted by molar-refractivity contribution is -0.142. The number of aliphatic hydroxyl groups is 1. The highest BCUT2D eigenvalue weighted by Gasteiger charge is 2.39. The third kappa shape index (κ3) is 2.21. The molecule has 0 spiro atoms. The van der Waals surface area contributed by atoms with Crippen molar-refractivity contribution in [2.45, 2.75) is 45.1 Å². The lowest BCUT2D eigenvalue weighted by atomic mass is 9.64. The van der Waals surface area contributed by atoms with Crippen LogP contribution in [-0.4, -0.2) is 22.3 Å². The van der Waals surface area contributed by atoms with Crippen molar-refractivity contribution in [3.05, 3.63) is 0 Å². The lowest BCUT2D eigenvalue weighted by Gasteiger charge is -2.41. The summed E-state index contributed by atoms with van der Waals surface area (Å²) < 4.78 is 0. The Bertz CT molecular complexity index is 171. The molecular formula is C9H16O3. The van der Waals surface area contributed by atoms with Crippen LogP contribution < -0.4 is 0 Å². The van der Waals surface area contributed by atoms with Crippen molar-refractivity contribution in [2.24, 2.45) is 5.41 Å². The smallest absolute Gasteiger partial charge is 0.303 e. The molecule has 70 valence electrons. The van der Waals surface area contributed by atoms with Gasteiger partial charge in [-0.2, -0.15) is 0 Å². The zero-order valence-corrected chi connectivity index (χ0v) is 7.42. The van der Waals surface area contributed by atoms with Gasteiger partial charge in [0, 0.05) is 0 Å². The molecule has 1 aliphatic carbocycles. The monoisotopic (exact) mass is 172 g/mol. The Labute approximate surface area is 72.4 Å². The van der Waals surface area contributed by atoms with E-state index < -0.39 is 5.97 Å². The second-order valence-electron chi connectivity index (χ2n) is 3.98. The van der Waals surface area contributed by atoms with Gasteiger partial charge in [0.15, 0.2) is 0 Å². The Morgan fingerprint density at radius 2 is 2.17 bits per heavy atom. The fourth-order valence-corrected chi connectivity index (χ4v) is 2.08. The first-order chi connectivity index (χ1) is 5.54. The molecule has 0 aromatic carbocycles. The van der Waals surface area contributed by atoms with E-state index in [0.717, 1.165) is 19.3 Å². The summed E-state index contributed by atoms with van der Waals surface area (Å²) in [6, 6.07) is 0. The van der Waals surface area contributed by atoms with Gasteiger partial charge in [-0.05, 0) is 31.6 Å². The molecule has 0 aromatic heterocycles. The molecule has 0 aromatic rings. The number of hydrogen-bond donors (Lipinski definition) is 2. The van der Waals surface area contributed by atoms with Gasteiger partial charge in [0.1, 0.15) is 0 Å². The molecule has 1 atom stereocenters. The van der Waals surface area contributed by atoms with Gasteiger partial charge in [-0.25, -0.2) is 0 Å². The molecular weight excluding hydrogens is 156 g/mol. The Kier molecular flexibility index (Phi) is 2.73. The molecule has 0 saturated heterocycles. The van der Waals surface area contributed by atoms with Crippen molar-refractivity contribution in [1.29, 1.82) is 0 Å². The molecule has 0 bridgehead atoms. The average Bonchev–Trinajstić information content (AvgIpc) is 1.80. The minimum absolute atomic E-state index is 0.0833. The highest BCUT2D eigenvalue weighted by Crippen LogP contribution is 2.47. The van der Waals surface area contributed by atoms with E-state index in [-0.39, 0.29) is 17.9 Å². The predicted octanol–water partition coefficient (Wildman–Crippen LogP) is 1.40. The lowest BCUT2D eigenvalue weighted by Crippen LogP contribution is -2.34. The summed E-state index contributed by atoms with van der Waals surface area (Å²) in [6.45, 7) is 1.72. The minimum atomic E-state index is -0.740. The van der Waals surface area contributed by atoms with E-state index in [2.05, 4.69) is 0 Å². The summed E-state index contributed by atoms with van der Waals surface area (Å²) in [4.78, 5) is 10.5. The molecule has 2 N–H and O–H groups in total. The van der Waals surface area contributed by atoms with Gasteiger partial charge in [-0.3, -0.25) is 4.79 Å². The quantitative estimate of drug-likeness (QED) is 0.674. The van der Waals surface area contributed by atoms with Crippen LogP contribution in [-0.2, 0) is 4.79 Å². The van der Waals surface area contributed by atoms with Crippen LogP contribution in [0, 0.1) is 5.41 Å². The largest absolute Gasteiger partial charge is 0.481 e. The normalized spacial score (nSPS) is 22.8. The second-order valence-corrected chi connectivity index (χ2v) is 3.98. The molecule has 1 fully saturated rings. The zero-order chi connectivity index (χ0) is 9.19. The number of hydrogen-bond acceptors (Lipinski definition) is 2. The maximum absolute atomic E-state index is 10.5. The molecule has 1 unspecified atom stereocenters. The summed E-state index contributed by atoms with van der Waals surface area (Å²) in [6.07, 6.45) is 3.52. The van der Waals surface area contributed by atoms with Crippen LogP contribution in [0.3, 0.4) is 0 Å². The van der Waals surface area contributed by atoms with Crippen LogP contribution in [0.15, 0.2) is 0 Å². The first-order valence-electron chi connectivity index (χ1n) is 4.44. The van der Waals surface area contributed by atoms with E-state index in [0.29, 0.717) is 6.42 Å². The molecule has 1 rings (SSSR count). The second kappa shape index (κ2) is 3.44. The number of aliphatic hydroxyl groups excluding tert-OH is 1. The molecule has 0 aliphatic heterocycles. The number of carboxylic acids is 1. The van der Waals surface area contributed by atoms with Crippen molar-refractivity contribution in [3.8, 4) is 0 Å². The maximum Gasteiger partial charge on any atom is 0.303 e. The fourth-order valence-electron chi connectivity index (χ4n) is 2.08. The van der Waals surface area contributed by atoms with Gasteiger partial charge in [0.2, 0.25) is 0 Å². The molecule has 3 heteroatoms. The van der Waals surface area contributed by atoms with Gasteiger partial charge in [0.25, 0.3) is 0 Å². The molecule has 1 aliphatic rings. The SMILES string of the molecule is CC(O)CC1(CC(=O)O)CCC1. The van der Waals surface area contributed by atoms with Gasteiger partial charge in [0.05, 0.1) is 12.5 Å². The van der Waals surface area contributed by atoms with Crippen molar-refractivity contribution >= 4 is 5.97 Å². The third-order valence-electron chi connectivity index (χ3n) is 2.67. The first-order valence-corrected chi connectivity index (χ1v) is 4.44. The maximum atomic E-state index is 10.5. The van der Waals surface area contributed by atoms with Gasteiger partial charge < -0.3 is 10.2 Å². The topological polar surface area (TPSA) is 57.5 Å². The first kappa shape index (κ1) is 9.52. The third-order valence-corrected chi connectivity index (χ3v) is 2.67. The zero-order valence-electron chi connectivity index (χ0n) is 7.42. The van der Waals surface area contributed by atoms with Crippen molar-refractivity contribution in [1.82, 2.24) is 0 Å². The van der Waals surface area contributed by atoms with E-state index in [1.54, 1.807) is 6.92 Å². The van der Waals surface area contributed by atoms with Gasteiger partial charge >= 0.3 is 5.97 Å². The molecule has 3 nitrogen and oxygen atoms in total. The van der Waals surface area contributed by atoms with E-state index in [1.165, 1.54) is 0 Å². The number of rotatable bonds is 4. The van der Waals surface area contributed by atoms with Gasteiger partial charge in [-0.15, -0.1) is 0 Å². The molecule has 0 radical (unpaired) electrons. The summed E-state index contributed by atoms with van der Waals surface area (Å²) >= 11 is 0.